The van der Waals surface area contributed by atoms with Gasteiger partial charge in [-0.3, -0.25) is 14.5 Å². The van der Waals surface area contributed by atoms with Crippen molar-refractivity contribution >= 4 is 49.8 Å². The first-order chi connectivity index (χ1) is 13.9. The van der Waals surface area contributed by atoms with Gasteiger partial charge in [0.15, 0.2) is 5.13 Å². The highest BCUT2D eigenvalue weighted by atomic mass is 79.9. The van der Waals surface area contributed by atoms with Crippen molar-refractivity contribution in [2.24, 2.45) is 0 Å². The molecular formula is C22H17BrN2O3S. The second-order valence-corrected chi connectivity index (χ2v) is 8.83. The van der Waals surface area contributed by atoms with Crippen LogP contribution in [0, 0.1) is 13.8 Å². The molecule has 1 N–H and O–H groups in total. The van der Waals surface area contributed by atoms with Gasteiger partial charge in [0.2, 0.25) is 0 Å². The molecule has 146 valence electrons. The lowest BCUT2D eigenvalue weighted by atomic mass is 9.95. The third kappa shape index (κ3) is 3.41. The van der Waals surface area contributed by atoms with Crippen molar-refractivity contribution in [3.63, 3.8) is 0 Å². The molecule has 1 aromatic heterocycles. The SMILES string of the molecule is Cc1nc(N2C(=O)C(=O)C(=C(O)c3ccccc3)C2c2cccc(Br)c2)sc1C. The van der Waals surface area contributed by atoms with Gasteiger partial charge in [-0.15, -0.1) is 11.3 Å². The van der Waals surface area contributed by atoms with Gasteiger partial charge in [-0.1, -0.05) is 58.4 Å². The van der Waals surface area contributed by atoms with Crippen molar-refractivity contribution in [2.45, 2.75) is 19.9 Å². The van der Waals surface area contributed by atoms with Gasteiger partial charge in [-0.2, -0.15) is 0 Å². The number of aromatic nitrogens is 1. The lowest BCUT2D eigenvalue weighted by Gasteiger charge is -2.23. The average Bonchev–Trinajstić information content (AvgIpc) is 3.18. The van der Waals surface area contributed by atoms with Gasteiger partial charge >= 0.3 is 5.91 Å². The molecule has 4 rings (SSSR count). The summed E-state index contributed by atoms with van der Waals surface area (Å²) >= 11 is 4.81. The molecule has 0 bridgehead atoms. The monoisotopic (exact) mass is 468 g/mol. The van der Waals surface area contributed by atoms with Gasteiger partial charge < -0.3 is 5.11 Å². The molecule has 2 heterocycles. The highest BCUT2D eigenvalue weighted by molar-refractivity contribution is 9.10. The molecule has 7 heteroatoms. The summed E-state index contributed by atoms with van der Waals surface area (Å²) in [4.78, 5) is 32.9. The number of halogens is 1. The molecule has 1 atom stereocenters. The molecular weight excluding hydrogens is 452 g/mol. The molecule has 0 spiro atoms. The molecule has 5 nitrogen and oxygen atoms in total. The Morgan fingerprint density at radius 2 is 1.83 bits per heavy atom. The quantitative estimate of drug-likeness (QED) is 0.327. The van der Waals surface area contributed by atoms with Crippen LogP contribution in [0.15, 0.2) is 64.6 Å². The Bertz CT molecular complexity index is 1130. The number of aliphatic hydroxyl groups is 1. The van der Waals surface area contributed by atoms with Gasteiger partial charge in [0.1, 0.15) is 5.76 Å². The van der Waals surface area contributed by atoms with Crippen molar-refractivity contribution in [1.82, 2.24) is 4.98 Å². The number of Topliss-reactive ketones (excluding diaryl/α,β-unsaturated/α-hetero) is 1. The number of rotatable bonds is 3. The Morgan fingerprint density at radius 1 is 1.10 bits per heavy atom. The Kier molecular flexibility index (Phi) is 5.10. The van der Waals surface area contributed by atoms with E-state index < -0.39 is 17.7 Å². The van der Waals surface area contributed by atoms with Gasteiger partial charge in [0.05, 0.1) is 17.3 Å². The zero-order chi connectivity index (χ0) is 20.7. The Balaban J connectivity index is 1.97. The van der Waals surface area contributed by atoms with E-state index in [4.69, 9.17) is 0 Å². The minimum atomic E-state index is -0.766. The molecule has 0 saturated carbocycles. The van der Waals surface area contributed by atoms with Crippen LogP contribution in [0.1, 0.15) is 27.7 Å². The van der Waals surface area contributed by atoms with Crippen LogP contribution in [-0.2, 0) is 9.59 Å². The largest absolute Gasteiger partial charge is 0.507 e. The summed E-state index contributed by atoms with van der Waals surface area (Å²) in [5, 5.41) is 11.4. The van der Waals surface area contributed by atoms with Crippen LogP contribution in [0.5, 0.6) is 0 Å². The van der Waals surface area contributed by atoms with E-state index in [-0.39, 0.29) is 11.3 Å². The van der Waals surface area contributed by atoms with Crippen molar-refractivity contribution in [3.8, 4) is 0 Å². The topological polar surface area (TPSA) is 70.5 Å². The van der Waals surface area contributed by atoms with E-state index in [1.807, 2.05) is 44.2 Å². The molecule has 1 saturated heterocycles. The molecule has 1 fully saturated rings. The predicted octanol–water partition coefficient (Wildman–Crippen LogP) is 5.15. The highest BCUT2D eigenvalue weighted by Crippen LogP contribution is 2.44. The molecule has 0 aliphatic carbocycles. The first-order valence-corrected chi connectivity index (χ1v) is 10.6. The normalized spacial score (nSPS) is 18.4. The highest BCUT2D eigenvalue weighted by Gasteiger charge is 2.48. The summed E-state index contributed by atoms with van der Waals surface area (Å²) in [5.41, 5.74) is 2.06. The van der Waals surface area contributed by atoms with E-state index in [1.165, 1.54) is 16.2 Å². The zero-order valence-electron chi connectivity index (χ0n) is 15.7. The number of amides is 1. The molecule has 1 unspecified atom stereocenters. The fraction of sp³-hybridized carbons (Fsp3) is 0.136. The lowest BCUT2D eigenvalue weighted by Crippen LogP contribution is -2.29. The summed E-state index contributed by atoms with van der Waals surface area (Å²) in [5.74, 6) is -1.61. The van der Waals surface area contributed by atoms with Crippen LogP contribution in [0.25, 0.3) is 5.76 Å². The maximum Gasteiger partial charge on any atom is 0.301 e. The number of aryl methyl sites for hydroxylation is 2. The number of ketones is 1. The van der Waals surface area contributed by atoms with Crippen LogP contribution in [0.4, 0.5) is 5.13 Å². The van der Waals surface area contributed by atoms with Crippen molar-refractivity contribution < 1.29 is 14.7 Å². The van der Waals surface area contributed by atoms with Crippen molar-refractivity contribution in [3.05, 3.63) is 86.3 Å². The third-order valence-electron chi connectivity index (χ3n) is 4.88. The van der Waals surface area contributed by atoms with E-state index in [0.29, 0.717) is 16.3 Å². The minimum Gasteiger partial charge on any atom is -0.507 e. The maximum absolute atomic E-state index is 13.0. The number of carbonyl (C=O) groups is 2. The van der Waals surface area contributed by atoms with E-state index >= 15 is 0 Å². The van der Waals surface area contributed by atoms with Crippen LogP contribution in [0.3, 0.4) is 0 Å². The number of benzene rings is 2. The fourth-order valence-electron chi connectivity index (χ4n) is 3.33. The summed E-state index contributed by atoms with van der Waals surface area (Å²) in [7, 11) is 0. The van der Waals surface area contributed by atoms with Crippen LogP contribution < -0.4 is 4.90 Å². The van der Waals surface area contributed by atoms with Crippen LogP contribution in [0.2, 0.25) is 0 Å². The third-order valence-corrected chi connectivity index (χ3v) is 6.44. The second-order valence-electron chi connectivity index (χ2n) is 6.73. The second kappa shape index (κ2) is 7.57. The summed E-state index contributed by atoms with van der Waals surface area (Å²) in [6.45, 7) is 3.79. The number of hydrogen-bond acceptors (Lipinski definition) is 5. The molecule has 3 aromatic rings. The average molecular weight is 469 g/mol. The zero-order valence-corrected chi connectivity index (χ0v) is 18.1. The van der Waals surface area contributed by atoms with Gasteiger partial charge in [0, 0.05) is 14.9 Å². The summed E-state index contributed by atoms with van der Waals surface area (Å²) in [6, 6.07) is 15.4. The predicted molar refractivity (Wildman–Crippen MR) is 117 cm³/mol. The lowest BCUT2D eigenvalue weighted by molar-refractivity contribution is -0.132. The number of carbonyl (C=O) groups excluding carboxylic acids is 2. The number of aliphatic hydroxyl groups excluding tert-OH is 1. The number of nitrogens with zero attached hydrogens (tertiary/aromatic N) is 2. The molecule has 2 aromatic carbocycles. The van der Waals surface area contributed by atoms with E-state index in [0.717, 1.165) is 15.0 Å². The van der Waals surface area contributed by atoms with Gasteiger partial charge in [-0.25, -0.2) is 4.98 Å². The van der Waals surface area contributed by atoms with E-state index in [2.05, 4.69) is 20.9 Å². The van der Waals surface area contributed by atoms with Crippen LogP contribution in [-0.4, -0.2) is 21.8 Å². The number of hydrogen-bond donors (Lipinski definition) is 1. The Morgan fingerprint density at radius 3 is 2.45 bits per heavy atom. The fourth-order valence-corrected chi connectivity index (χ4v) is 4.69. The Hall–Kier alpha value is -2.77. The number of anilines is 1. The molecule has 1 aliphatic rings. The van der Waals surface area contributed by atoms with Crippen molar-refractivity contribution in [1.29, 1.82) is 0 Å². The summed E-state index contributed by atoms with van der Waals surface area (Å²) < 4.78 is 0.812. The minimum absolute atomic E-state index is 0.0600. The van der Waals surface area contributed by atoms with Crippen molar-refractivity contribution in [2.75, 3.05) is 4.90 Å². The molecule has 29 heavy (non-hydrogen) atoms. The summed E-state index contributed by atoms with van der Waals surface area (Å²) in [6.07, 6.45) is 0. The van der Waals surface area contributed by atoms with E-state index in [9.17, 15) is 14.7 Å². The van der Waals surface area contributed by atoms with Gasteiger partial charge in [-0.05, 0) is 31.5 Å². The van der Waals surface area contributed by atoms with Crippen LogP contribution >= 0.6 is 27.3 Å². The smallest absolute Gasteiger partial charge is 0.301 e. The molecule has 0 radical (unpaired) electrons. The first-order valence-electron chi connectivity index (χ1n) is 8.94. The standard InChI is InChI=1S/C22H17BrN2O3S/c1-12-13(2)29-22(24-12)25-18(15-9-6-10-16(23)11-15)17(20(27)21(25)28)19(26)14-7-4-3-5-8-14/h3-11,18,26H,1-2H3. The first kappa shape index (κ1) is 19.5. The van der Waals surface area contributed by atoms with E-state index in [1.54, 1.807) is 24.3 Å². The maximum atomic E-state index is 13.0. The molecule has 1 aliphatic heterocycles. The molecule has 1 amide bonds. The van der Waals surface area contributed by atoms with Gasteiger partial charge in [0.25, 0.3) is 5.78 Å². The Labute approximate surface area is 180 Å². The number of thiazole rings is 1.